The maximum atomic E-state index is 12.9. The van der Waals surface area contributed by atoms with Crippen molar-refractivity contribution < 1.29 is 4.39 Å². The molecule has 1 aliphatic rings. The fourth-order valence-electron chi connectivity index (χ4n) is 2.87. The topological polar surface area (TPSA) is 33.1 Å². The van der Waals surface area contributed by atoms with Gasteiger partial charge in [0, 0.05) is 30.9 Å². The zero-order valence-electron chi connectivity index (χ0n) is 12.7. The van der Waals surface area contributed by atoms with Gasteiger partial charge in [0.15, 0.2) is 0 Å². The van der Waals surface area contributed by atoms with E-state index in [0.29, 0.717) is 6.04 Å². The van der Waals surface area contributed by atoms with Crippen LogP contribution in [0.15, 0.2) is 36.7 Å². The predicted octanol–water partition coefficient (Wildman–Crippen LogP) is 2.62. The zero-order chi connectivity index (χ0) is 14.7. The van der Waals surface area contributed by atoms with Crippen LogP contribution in [0.4, 0.5) is 4.39 Å². The van der Waals surface area contributed by atoms with E-state index in [1.165, 1.54) is 30.5 Å². The molecule has 1 aromatic carbocycles. The standard InChI is InChI=1S/C16H21FN4.ClH/c1-18-15-3-2-8-20(12-15)10-13-9-19-21(11-13)16-6-4-14(17)5-7-16;/h4-7,9,11,15,18H,2-3,8,10,12H2,1H3;1H. The summed E-state index contributed by atoms with van der Waals surface area (Å²) < 4.78 is 14.7. The second-order valence-electron chi connectivity index (χ2n) is 5.63. The number of likely N-dealkylation sites (tertiary alicyclic amines) is 1. The van der Waals surface area contributed by atoms with Gasteiger partial charge in [0.1, 0.15) is 5.82 Å². The molecule has 1 unspecified atom stereocenters. The molecule has 0 saturated carbocycles. The van der Waals surface area contributed by atoms with Crippen molar-refractivity contribution in [1.29, 1.82) is 0 Å². The number of hydrogen-bond donors (Lipinski definition) is 1. The minimum absolute atomic E-state index is 0. The molecule has 1 atom stereocenters. The minimum atomic E-state index is -0.224. The molecule has 1 saturated heterocycles. The first-order chi connectivity index (χ1) is 10.2. The number of piperidine rings is 1. The molecule has 1 aromatic heterocycles. The van der Waals surface area contributed by atoms with Crippen LogP contribution in [0, 0.1) is 5.82 Å². The van der Waals surface area contributed by atoms with Crippen molar-refractivity contribution in [1.82, 2.24) is 20.0 Å². The molecule has 2 aromatic rings. The van der Waals surface area contributed by atoms with Crippen LogP contribution < -0.4 is 5.32 Å². The lowest BCUT2D eigenvalue weighted by Crippen LogP contribution is -2.43. The number of benzene rings is 1. The molecule has 0 spiro atoms. The van der Waals surface area contributed by atoms with Gasteiger partial charge in [-0.15, -0.1) is 12.4 Å². The summed E-state index contributed by atoms with van der Waals surface area (Å²) in [5, 5.41) is 7.73. The van der Waals surface area contributed by atoms with Crippen molar-refractivity contribution in [2.24, 2.45) is 0 Å². The number of halogens is 2. The summed E-state index contributed by atoms with van der Waals surface area (Å²) in [5.74, 6) is -0.224. The molecule has 3 rings (SSSR count). The molecular formula is C16H22ClFN4. The highest BCUT2D eigenvalue weighted by Crippen LogP contribution is 2.15. The maximum absolute atomic E-state index is 12.9. The lowest BCUT2D eigenvalue weighted by molar-refractivity contribution is 0.188. The molecule has 1 aliphatic heterocycles. The predicted molar refractivity (Wildman–Crippen MR) is 88.1 cm³/mol. The molecule has 2 heterocycles. The maximum Gasteiger partial charge on any atom is 0.123 e. The normalized spacial score (nSPS) is 18.9. The van der Waals surface area contributed by atoms with Crippen molar-refractivity contribution in [2.75, 3.05) is 20.1 Å². The van der Waals surface area contributed by atoms with Crippen LogP contribution in [0.2, 0.25) is 0 Å². The Hall–Kier alpha value is -1.43. The van der Waals surface area contributed by atoms with Gasteiger partial charge in [-0.25, -0.2) is 9.07 Å². The van der Waals surface area contributed by atoms with Gasteiger partial charge in [-0.05, 0) is 50.7 Å². The first kappa shape index (κ1) is 16.9. The number of rotatable bonds is 4. The average molecular weight is 325 g/mol. The third-order valence-corrected chi connectivity index (χ3v) is 4.05. The van der Waals surface area contributed by atoms with Crippen LogP contribution in [0.3, 0.4) is 0 Å². The summed E-state index contributed by atoms with van der Waals surface area (Å²) in [7, 11) is 2.03. The van der Waals surface area contributed by atoms with E-state index in [0.717, 1.165) is 25.3 Å². The highest BCUT2D eigenvalue weighted by molar-refractivity contribution is 5.85. The minimum Gasteiger partial charge on any atom is -0.316 e. The second-order valence-corrected chi connectivity index (χ2v) is 5.63. The molecule has 0 radical (unpaired) electrons. The van der Waals surface area contributed by atoms with E-state index in [4.69, 9.17) is 0 Å². The summed E-state index contributed by atoms with van der Waals surface area (Å²) in [6.45, 7) is 3.14. The highest BCUT2D eigenvalue weighted by Gasteiger charge is 2.18. The van der Waals surface area contributed by atoms with Crippen molar-refractivity contribution in [3.8, 4) is 5.69 Å². The van der Waals surface area contributed by atoms with Crippen molar-refractivity contribution >= 4 is 12.4 Å². The van der Waals surface area contributed by atoms with Gasteiger partial charge >= 0.3 is 0 Å². The summed E-state index contributed by atoms with van der Waals surface area (Å²) in [5.41, 5.74) is 2.07. The van der Waals surface area contributed by atoms with E-state index in [9.17, 15) is 4.39 Å². The SMILES string of the molecule is CNC1CCCN(Cc2cnn(-c3ccc(F)cc3)c2)C1.Cl. The number of aromatic nitrogens is 2. The lowest BCUT2D eigenvalue weighted by Gasteiger charge is -2.32. The smallest absolute Gasteiger partial charge is 0.123 e. The molecule has 4 nitrogen and oxygen atoms in total. The van der Waals surface area contributed by atoms with E-state index < -0.39 is 0 Å². The molecule has 1 fully saturated rings. The summed E-state index contributed by atoms with van der Waals surface area (Å²) in [6, 6.07) is 6.98. The van der Waals surface area contributed by atoms with E-state index in [-0.39, 0.29) is 18.2 Å². The Kier molecular flexibility index (Phi) is 5.94. The Bertz CT molecular complexity index is 584. The Labute approximate surface area is 136 Å². The summed E-state index contributed by atoms with van der Waals surface area (Å²) in [6.07, 6.45) is 6.40. The van der Waals surface area contributed by atoms with Crippen LogP contribution in [0.5, 0.6) is 0 Å². The van der Waals surface area contributed by atoms with Gasteiger partial charge in [-0.3, -0.25) is 4.90 Å². The Morgan fingerprint density at radius 3 is 2.82 bits per heavy atom. The first-order valence-electron chi connectivity index (χ1n) is 7.44. The molecule has 120 valence electrons. The fraction of sp³-hybridized carbons (Fsp3) is 0.438. The lowest BCUT2D eigenvalue weighted by atomic mass is 10.1. The number of nitrogens with one attached hydrogen (secondary N) is 1. The summed E-state index contributed by atoms with van der Waals surface area (Å²) >= 11 is 0. The monoisotopic (exact) mass is 324 g/mol. The molecule has 22 heavy (non-hydrogen) atoms. The number of hydrogen-bond acceptors (Lipinski definition) is 3. The van der Waals surface area contributed by atoms with Gasteiger partial charge in [0.2, 0.25) is 0 Å². The molecule has 6 heteroatoms. The molecule has 1 N–H and O–H groups in total. The molecule has 0 amide bonds. The van der Waals surface area contributed by atoms with Crippen LogP contribution in [0.1, 0.15) is 18.4 Å². The second kappa shape index (κ2) is 7.72. The third-order valence-electron chi connectivity index (χ3n) is 4.05. The summed E-state index contributed by atoms with van der Waals surface area (Å²) in [4.78, 5) is 2.46. The van der Waals surface area contributed by atoms with Crippen LogP contribution in [0.25, 0.3) is 5.69 Å². The van der Waals surface area contributed by atoms with Crippen LogP contribution >= 0.6 is 12.4 Å². The van der Waals surface area contributed by atoms with Gasteiger partial charge in [0.25, 0.3) is 0 Å². The fourth-order valence-corrected chi connectivity index (χ4v) is 2.87. The average Bonchev–Trinajstić information content (AvgIpc) is 2.96. The zero-order valence-corrected chi connectivity index (χ0v) is 13.5. The quantitative estimate of drug-likeness (QED) is 0.938. The van der Waals surface area contributed by atoms with Crippen molar-refractivity contribution in [2.45, 2.75) is 25.4 Å². The van der Waals surface area contributed by atoms with Gasteiger partial charge in [-0.1, -0.05) is 0 Å². The van der Waals surface area contributed by atoms with Crippen LogP contribution in [-0.2, 0) is 6.54 Å². The van der Waals surface area contributed by atoms with Crippen LogP contribution in [-0.4, -0.2) is 40.9 Å². The third kappa shape index (κ3) is 4.06. The van der Waals surface area contributed by atoms with Gasteiger partial charge in [-0.2, -0.15) is 5.10 Å². The Morgan fingerprint density at radius 1 is 1.32 bits per heavy atom. The first-order valence-corrected chi connectivity index (χ1v) is 7.44. The van der Waals surface area contributed by atoms with Crippen molar-refractivity contribution in [3.63, 3.8) is 0 Å². The highest BCUT2D eigenvalue weighted by atomic mass is 35.5. The molecule has 0 bridgehead atoms. The Morgan fingerprint density at radius 2 is 2.09 bits per heavy atom. The Balaban J connectivity index is 0.00000176. The van der Waals surface area contributed by atoms with E-state index in [1.54, 1.807) is 16.8 Å². The van der Waals surface area contributed by atoms with Gasteiger partial charge in [0.05, 0.1) is 11.9 Å². The van der Waals surface area contributed by atoms with E-state index in [2.05, 4.69) is 15.3 Å². The van der Waals surface area contributed by atoms with E-state index >= 15 is 0 Å². The number of likely N-dealkylation sites (N-methyl/N-ethyl adjacent to an activating group) is 1. The largest absolute Gasteiger partial charge is 0.316 e. The molecule has 0 aliphatic carbocycles. The molecular weight excluding hydrogens is 303 g/mol. The van der Waals surface area contributed by atoms with Gasteiger partial charge < -0.3 is 5.32 Å². The van der Waals surface area contributed by atoms with E-state index in [1.807, 2.05) is 19.4 Å². The van der Waals surface area contributed by atoms with Crippen molar-refractivity contribution in [3.05, 3.63) is 48.0 Å². The number of nitrogens with zero attached hydrogens (tertiary/aromatic N) is 3.